The van der Waals surface area contributed by atoms with Crippen LogP contribution in [0.1, 0.15) is 32.3 Å². The monoisotopic (exact) mass is 386 g/mol. The predicted octanol–water partition coefficient (Wildman–Crippen LogP) is 4.02. The molecule has 3 aromatic rings. The number of phenols is 1. The summed E-state index contributed by atoms with van der Waals surface area (Å²) < 4.78 is 5.87. The summed E-state index contributed by atoms with van der Waals surface area (Å²) in [6.45, 7) is 6.95. The van der Waals surface area contributed by atoms with Crippen molar-refractivity contribution in [3.8, 4) is 16.9 Å². The number of benzene rings is 2. The lowest BCUT2D eigenvalue weighted by molar-refractivity contribution is -0.913. The normalized spacial score (nSPS) is 11.4. The summed E-state index contributed by atoms with van der Waals surface area (Å²) in [4.78, 5) is 14.4. The molecule has 5 heteroatoms. The Bertz CT molecular complexity index is 973. The topological polar surface area (TPSA) is 54.9 Å². The van der Waals surface area contributed by atoms with Gasteiger partial charge in [-0.25, -0.2) is 0 Å². The van der Waals surface area contributed by atoms with Crippen LogP contribution in [-0.4, -0.2) is 18.2 Å². The lowest BCUT2D eigenvalue weighted by Crippen LogP contribution is -3.10. The van der Waals surface area contributed by atoms with E-state index < -0.39 is 0 Å². The zero-order chi connectivity index (χ0) is 19.4. The smallest absolute Gasteiger partial charge is 0.200 e. The van der Waals surface area contributed by atoms with E-state index in [4.69, 9.17) is 16.0 Å². The van der Waals surface area contributed by atoms with Gasteiger partial charge in [-0.3, -0.25) is 4.79 Å². The van der Waals surface area contributed by atoms with Gasteiger partial charge in [-0.1, -0.05) is 37.6 Å². The summed E-state index contributed by atoms with van der Waals surface area (Å²) in [6.07, 6.45) is 3.60. The van der Waals surface area contributed by atoms with E-state index in [1.807, 2.05) is 0 Å². The van der Waals surface area contributed by atoms with Gasteiger partial charge in [0.25, 0.3) is 0 Å². The van der Waals surface area contributed by atoms with Crippen molar-refractivity contribution in [2.75, 3.05) is 13.1 Å². The number of aromatic hydroxyl groups is 1. The standard InChI is InChI=1S/C22H24ClNO3/c1-3-11-24(12-4-2)13-18-20(25)10-9-17-21(26)19(14-27-22(17)18)15-5-7-16(23)8-6-15/h5-10,14,25H,3-4,11-13H2,1-2H3/p+1. The van der Waals surface area contributed by atoms with Crippen LogP contribution in [0, 0.1) is 0 Å². The second kappa shape index (κ2) is 8.59. The minimum atomic E-state index is -0.104. The second-order valence-corrected chi connectivity index (χ2v) is 7.29. The number of phenolic OH excluding ortho intramolecular Hbond substituents is 1. The Kier molecular flexibility index (Phi) is 6.19. The van der Waals surface area contributed by atoms with Crippen LogP contribution in [0.3, 0.4) is 0 Å². The van der Waals surface area contributed by atoms with Crippen LogP contribution in [-0.2, 0) is 6.54 Å². The maximum Gasteiger partial charge on any atom is 0.200 e. The van der Waals surface area contributed by atoms with Gasteiger partial charge in [0.15, 0.2) is 0 Å². The summed E-state index contributed by atoms with van der Waals surface area (Å²) in [7, 11) is 0. The van der Waals surface area contributed by atoms with E-state index >= 15 is 0 Å². The van der Waals surface area contributed by atoms with Gasteiger partial charge < -0.3 is 14.4 Å². The first-order chi connectivity index (χ1) is 13.0. The van der Waals surface area contributed by atoms with Gasteiger partial charge in [0.2, 0.25) is 5.43 Å². The molecule has 0 aliphatic heterocycles. The molecule has 0 saturated heterocycles. The van der Waals surface area contributed by atoms with Crippen LogP contribution in [0.5, 0.6) is 5.75 Å². The first kappa shape index (κ1) is 19.5. The Labute approximate surface area is 164 Å². The van der Waals surface area contributed by atoms with E-state index in [1.165, 1.54) is 11.2 Å². The van der Waals surface area contributed by atoms with Crippen molar-refractivity contribution >= 4 is 22.6 Å². The number of fused-ring (bicyclic) bond motifs is 1. The lowest BCUT2D eigenvalue weighted by atomic mass is 10.0. The predicted molar refractivity (Wildman–Crippen MR) is 110 cm³/mol. The molecular weight excluding hydrogens is 362 g/mol. The van der Waals surface area contributed by atoms with E-state index in [0.717, 1.165) is 31.5 Å². The molecule has 0 saturated carbocycles. The Morgan fingerprint density at radius 1 is 1.04 bits per heavy atom. The van der Waals surface area contributed by atoms with Gasteiger partial charge in [-0.15, -0.1) is 0 Å². The first-order valence-corrected chi connectivity index (χ1v) is 9.78. The van der Waals surface area contributed by atoms with Gasteiger partial charge in [0.05, 0.1) is 29.6 Å². The molecule has 0 spiro atoms. The molecule has 1 aromatic heterocycles. The molecular formula is C22H25ClNO3+. The minimum Gasteiger partial charge on any atom is -0.507 e. The van der Waals surface area contributed by atoms with Crippen molar-refractivity contribution in [2.24, 2.45) is 0 Å². The fourth-order valence-electron chi connectivity index (χ4n) is 3.51. The van der Waals surface area contributed by atoms with Crippen molar-refractivity contribution in [1.29, 1.82) is 0 Å². The van der Waals surface area contributed by atoms with E-state index in [-0.39, 0.29) is 11.2 Å². The zero-order valence-electron chi connectivity index (χ0n) is 15.7. The second-order valence-electron chi connectivity index (χ2n) is 6.85. The Morgan fingerprint density at radius 2 is 1.70 bits per heavy atom. The van der Waals surface area contributed by atoms with E-state index in [0.29, 0.717) is 33.7 Å². The minimum absolute atomic E-state index is 0.104. The lowest BCUT2D eigenvalue weighted by Gasteiger charge is -2.19. The average molecular weight is 387 g/mol. The molecule has 2 N–H and O–H groups in total. The highest BCUT2D eigenvalue weighted by Crippen LogP contribution is 2.28. The average Bonchev–Trinajstić information content (AvgIpc) is 2.65. The van der Waals surface area contributed by atoms with Gasteiger partial charge in [0.1, 0.15) is 24.1 Å². The molecule has 3 rings (SSSR count). The third-order valence-corrected chi connectivity index (χ3v) is 5.06. The molecule has 0 bridgehead atoms. The van der Waals surface area contributed by atoms with Crippen LogP contribution < -0.4 is 10.3 Å². The molecule has 27 heavy (non-hydrogen) atoms. The molecule has 4 nitrogen and oxygen atoms in total. The van der Waals surface area contributed by atoms with E-state index in [9.17, 15) is 9.90 Å². The molecule has 0 aliphatic rings. The quantitative estimate of drug-likeness (QED) is 0.644. The fourth-order valence-corrected chi connectivity index (χ4v) is 3.63. The highest BCUT2D eigenvalue weighted by molar-refractivity contribution is 6.30. The van der Waals surface area contributed by atoms with Crippen molar-refractivity contribution < 1.29 is 14.4 Å². The van der Waals surface area contributed by atoms with Crippen LogP contribution in [0.2, 0.25) is 5.02 Å². The molecule has 142 valence electrons. The third kappa shape index (κ3) is 4.18. The summed E-state index contributed by atoms with van der Waals surface area (Å²) in [5, 5.41) is 11.5. The molecule has 0 aliphatic carbocycles. The Balaban J connectivity index is 2.08. The number of rotatable bonds is 7. The van der Waals surface area contributed by atoms with Crippen LogP contribution in [0.25, 0.3) is 22.1 Å². The van der Waals surface area contributed by atoms with Gasteiger partial charge in [0, 0.05) is 5.02 Å². The molecule has 0 fully saturated rings. The van der Waals surface area contributed by atoms with Crippen molar-refractivity contribution in [3.05, 3.63) is 63.5 Å². The number of hydrogen-bond acceptors (Lipinski definition) is 3. The SMILES string of the molecule is CCC[NH+](CCC)Cc1c(O)ccc2c(=O)c(-c3ccc(Cl)cc3)coc12. The van der Waals surface area contributed by atoms with E-state index in [1.54, 1.807) is 36.4 Å². The maximum atomic E-state index is 13.0. The molecule has 0 amide bonds. The summed E-state index contributed by atoms with van der Waals surface area (Å²) in [6, 6.07) is 10.3. The van der Waals surface area contributed by atoms with Crippen molar-refractivity contribution in [2.45, 2.75) is 33.2 Å². The number of hydrogen-bond donors (Lipinski definition) is 2. The van der Waals surface area contributed by atoms with Crippen LogP contribution in [0.4, 0.5) is 0 Å². The number of quaternary nitrogens is 1. The molecule has 0 atom stereocenters. The Hall–Kier alpha value is -2.30. The highest BCUT2D eigenvalue weighted by Gasteiger charge is 2.19. The Morgan fingerprint density at radius 3 is 2.33 bits per heavy atom. The summed E-state index contributed by atoms with van der Waals surface area (Å²) in [5.41, 5.74) is 2.31. The highest BCUT2D eigenvalue weighted by atomic mass is 35.5. The van der Waals surface area contributed by atoms with Crippen molar-refractivity contribution in [1.82, 2.24) is 0 Å². The molecule has 0 radical (unpaired) electrons. The molecule has 0 unspecified atom stereocenters. The van der Waals surface area contributed by atoms with Crippen molar-refractivity contribution in [3.63, 3.8) is 0 Å². The summed E-state index contributed by atoms with van der Waals surface area (Å²) in [5.74, 6) is 0.176. The van der Waals surface area contributed by atoms with Gasteiger partial charge in [-0.05, 0) is 42.7 Å². The summed E-state index contributed by atoms with van der Waals surface area (Å²) >= 11 is 5.94. The molecule has 1 heterocycles. The van der Waals surface area contributed by atoms with Gasteiger partial charge >= 0.3 is 0 Å². The fraction of sp³-hybridized carbons (Fsp3) is 0.318. The van der Waals surface area contributed by atoms with E-state index in [2.05, 4.69) is 13.8 Å². The largest absolute Gasteiger partial charge is 0.507 e. The van der Waals surface area contributed by atoms with Gasteiger partial charge in [-0.2, -0.15) is 0 Å². The number of nitrogens with one attached hydrogen (secondary N) is 1. The zero-order valence-corrected chi connectivity index (χ0v) is 16.5. The first-order valence-electron chi connectivity index (χ1n) is 9.41. The maximum absolute atomic E-state index is 13.0. The van der Waals surface area contributed by atoms with Crippen LogP contribution in [0.15, 0.2) is 51.9 Å². The third-order valence-electron chi connectivity index (χ3n) is 4.81. The molecule has 2 aromatic carbocycles. The van der Waals surface area contributed by atoms with Crippen LogP contribution >= 0.6 is 11.6 Å². The number of halogens is 1.